The van der Waals surface area contributed by atoms with Crippen molar-refractivity contribution in [2.75, 3.05) is 0 Å². The van der Waals surface area contributed by atoms with E-state index in [2.05, 4.69) is 45.7 Å². The van der Waals surface area contributed by atoms with Crippen LogP contribution in [0.4, 0.5) is 0 Å². The lowest BCUT2D eigenvalue weighted by atomic mass is 9.99. The van der Waals surface area contributed by atoms with Gasteiger partial charge >= 0.3 is 0 Å². The van der Waals surface area contributed by atoms with Gasteiger partial charge in [-0.05, 0) is 36.1 Å². The van der Waals surface area contributed by atoms with E-state index in [1.807, 2.05) is 18.2 Å². The molecule has 0 fully saturated rings. The molecule has 0 aliphatic heterocycles. The molecule has 0 aliphatic rings. The number of halogens is 3. The van der Waals surface area contributed by atoms with Gasteiger partial charge < -0.3 is 0 Å². The summed E-state index contributed by atoms with van der Waals surface area (Å²) in [5.74, 6) is 0.602. The molecule has 3 heteroatoms. The van der Waals surface area contributed by atoms with E-state index in [9.17, 15) is 0 Å². The van der Waals surface area contributed by atoms with Gasteiger partial charge in [0.15, 0.2) is 0 Å². The Morgan fingerprint density at radius 2 is 2.00 bits per heavy atom. The molecule has 1 aromatic carbocycles. The molecule has 0 spiro atoms. The van der Waals surface area contributed by atoms with E-state index in [1.165, 1.54) is 5.56 Å². The SMILES string of the molecule is CC(Br)C(C)Cc1cc(Cl)ccc1Br. The lowest BCUT2D eigenvalue weighted by Gasteiger charge is -2.15. The van der Waals surface area contributed by atoms with E-state index >= 15 is 0 Å². The minimum Gasteiger partial charge on any atom is -0.0891 e. The Bertz CT molecular complexity index is 310. The van der Waals surface area contributed by atoms with E-state index < -0.39 is 0 Å². The number of hydrogen-bond acceptors (Lipinski definition) is 0. The van der Waals surface area contributed by atoms with Gasteiger partial charge in [0.05, 0.1) is 0 Å². The zero-order chi connectivity index (χ0) is 10.7. The summed E-state index contributed by atoms with van der Waals surface area (Å²) in [7, 11) is 0. The third kappa shape index (κ3) is 3.56. The van der Waals surface area contributed by atoms with Crippen LogP contribution in [0.25, 0.3) is 0 Å². The predicted octanol–water partition coefficient (Wildman–Crippen LogP) is 5.06. The van der Waals surface area contributed by atoms with Crippen LogP contribution in [-0.2, 0) is 6.42 Å². The fourth-order valence-electron chi connectivity index (χ4n) is 1.21. The van der Waals surface area contributed by atoms with Crippen molar-refractivity contribution >= 4 is 43.5 Å². The van der Waals surface area contributed by atoms with Gasteiger partial charge in [-0.3, -0.25) is 0 Å². The molecule has 0 amide bonds. The highest BCUT2D eigenvalue weighted by Gasteiger charge is 2.11. The van der Waals surface area contributed by atoms with Crippen LogP contribution in [-0.4, -0.2) is 4.83 Å². The highest BCUT2D eigenvalue weighted by Crippen LogP contribution is 2.26. The minimum absolute atomic E-state index is 0.522. The van der Waals surface area contributed by atoms with Crippen LogP contribution in [0, 0.1) is 5.92 Å². The van der Waals surface area contributed by atoms with Gasteiger partial charge in [-0.15, -0.1) is 0 Å². The van der Waals surface area contributed by atoms with Crippen molar-refractivity contribution in [3.05, 3.63) is 33.3 Å². The summed E-state index contributed by atoms with van der Waals surface area (Å²) in [6.07, 6.45) is 1.04. The van der Waals surface area contributed by atoms with Gasteiger partial charge in [-0.1, -0.05) is 57.3 Å². The standard InChI is InChI=1S/C11H13Br2Cl/c1-7(8(2)12)5-9-6-10(14)3-4-11(9)13/h3-4,6-8H,5H2,1-2H3. The largest absolute Gasteiger partial charge is 0.0891 e. The molecule has 0 saturated heterocycles. The second kappa shape index (κ2) is 5.53. The van der Waals surface area contributed by atoms with Crippen molar-refractivity contribution < 1.29 is 0 Å². The highest BCUT2D eigenvalue weighted by molar-refractivity contribution is 9.10. The molecule has 1 aromatic rings. The van der Waals surface area contributed by atoms with Gasteiger partial charge in [0, 0.05) is 14.3 Å². The number of rotatable bonds is 3. The van der Waals surface area contributed by atoms with Crippen molar-refractivity contribution in [2.24, 2.45) is 5.92 Å². The molecule has 78 valence electrons. The summed E-state index contributed by atoms with van der Waals surface area (Å²) in [4.78, 5) is 0.522. The molecule has 1 rings (SSSR count). The zero-order valence-corrected chi connectivity index (χ0v) is 12.2. The van der Waals surface area contributed by atoms with E-state index in [-0.39, 0.29) is 0 Å². The third-order valence-electron chi connectivity index (χ3n) is 2.33. The molecule has 0 aliphatic carbocycles. The summed E-state index contributed by atoms with van der Waals surface area (Å²) in [5, 5.41) is 0.803. The minimum atomic E-state index is 0.522. The van der Waals surface area contributed by atoms with Gasteiger partial charge in [0.2, 0.25) is 0 Å². The predicted molar refractivity (Wildman–Crippen MR) is 70.4 cm³/mol. The molecule has 2 unspecified atom stereocenters. The lowest BCUT2D eigenvalue weighted by molar-refractivity contribution is 0.580. The molecule has 0 nitrogen and oxygen atoms in total. The van der Waals surface area contributed by atoms with Crippen LogP contribution in [0.1, 0.15) is 19.4 Å². The number of benzene rings is 1. The first-order valence-electron chi connectivity index (χ1n) is 4.58. The van der Waals surface area contributed by atoms with E-state index in [0.29, 0.717) is 10.7 Å². The van der Waals surface area contributed by atoms with Gasteiger partial charge in [-0.2, -0.15) is 0 Å². The van der Waals surface area contributed by atoms with Crippen molar-refractivity contribution in [1.82, 2.24) is 0 Å². The van der Waals surface area contributed by atoms with Gasteiger partial charge in [-0.25, -0.2) is 0 Å². The van der Waals surface area contributed by atoms with Crippen LogP contribution in [0.15, 0.2) is 22.7 Å². The van der Waals surface area contributed by atoms with Crippen LogP contribution in [0.5, 0.6) is 0 Å². The van der Waals surface area contributed by atoms with Crippen molar-refractivity contribution in [1.29, 1.82) is 0 Å². The molecule has 0 radical (unpaired) electrons. The average Bonchev–Trinajstić information content (AvgIpc) is 2.11. The normalized spacial score (nSPS) is 15.2. The van der Waals surface area contributed by atoms with Gasteiger partial charge in [0.25, 0.3) is 0 Å². The summed E-state index contributed by atoms with van der Waals surface area (Å²) in [6.45, 7) is 4.40. The molecule has 0 bridgehead atoms. The third-order valence-corrected chi connectivity index (χ3v) is 4.24. The first kappa shape index (κ1) is 12.5. The Kier molecular flexibility index (Phi) is 4.95. The first-order chi connectivity index (χ1) is 6.50. The second-order valence-corrected chi connectivity index (χ2v) is 6.33. The van der Waals surface area contributed by atoms with E-state index in [0.717, 1.165) is 15.9 Å². The second-order valence-electron chi connectivity index (χ2n) is 3.59. The molecule has 0 aromatic heterocycles. The van der Waals surface area contributed by atoms with E-state index in [1.54, 1.807) is 0 Å². The maximum absolute atomic E-state index is 5.95. The Morgan fingerprint density at radius 3 is 2.57 bits per heavy atom. The molecule has 2 atom stereocenters. The molecule has 0 N–H and O–H groups in total. The maximum Gasteiger partial charge on any atom is 0.0409 e. The van der Waals surface area contributed by atoms with Crippen molar-refractivity contribution in [3.63, 3.8) is 0 Å². The summed E-state index contributed by atoms with van der Waals surface area (Å²) in [5.41, 5.74) is 1.27. The molecule has 0 heterocycles. The number of hydrogen-bond donors (Lipinski definition) is 0. The average molecular weight is 340 g/mol. The topological polar surface area (TPSA) is 0 Å². The van der Waals surface area contributed by atoms with Crippen molar-refractivity contribution in [2.45, 2.75) is 25.1 Å². The quantitative estimate of drug-likeness (QED) is 0.674. The Labute approximate surface area is 107 Å². The monoisotopic (exact) mass is 338 g/mol. The molecular weight excluding hydrogens is 327 g/mol. The first-order valence-corrected chi connectivity index (χ1v) is 6.67. The van der Waals surface area contributed by atoms with Gasteiger partial charge in [0.1, 0.15) is 0 Å². The maximum atomic E-state index is 5.95. The number of alkyl halides is 1. The van der Waals surface area contributed by atoms with Crippen LogP contribution in [0.3, 0.4) is 0 Å². The Hall–Kier alpha value is 0.470. The van der Waals surface area contributed by atoms with Crippen molar-refractivity contribution in [3.8, 4) is 0 Å². The summed E-state index contributed by atoms with van der Waals surface area (Å²) < 4.78 is 1.14. The Balaban J connectivity index is 2.80. The van der Waals surface area contributed by atoms with Crippen LogP contribution >= 0.6 is 43.5 Å². The molecule has 0 saturated carbocycles. The van der Waals surface area contributed by atoms with Crippen LogP contribution in [0.2, 0.25) is 5.02 Å². The fourth-order valence-corrected chi connectivity index (χ4v) is 2.00. The van der Waals surface area contributed by atoms with E-state index in [4.69, 9.17) is 11.6 Å². The highest BCUT2D eigenvalue weighted by atomic mass is 79.9. The molecular formula is C11H13Br2Cl. The fraction of sp³-hybridized carbons (Fsp3) is 0.455. The zero-order valence-electron chi connectivity index (χ0n) is 8.23. The lowest BCUT2D eigenvalue weighted by Crippen LogP contribution is -2.09. The summed E-state index contributed by atoms with van der Waals surface area (Å²) >= 11 is 13.1. The summed E-state index contributed by atoms with van der Waals surface area (Å²) in [6, 6.07) is 5.93. The van der Waals surface area contributed by atoms with Crippen LogP contribution < -0.4 is 0 Å². The smallest absolute Gasteiger partial charge is 0.0409 e. The Morgan fingerprint density at radius 1 is 1.36 bits per heavy atom. The molecule has 14 heavy (non-hydrogen) atoms.